The van der Waals surface area contributed by atoms with Gasteiger partial charge in [0.25, 0.3) is 11.6 Å². The van der Waals surface area contributed by atoms with Gasteiger partial charge in [-0.2, -0.15) is 0 Å². The lowest BCUT2D eigenvalue weighted by atomic mass is 10.1. The molecule has 0 aromatic heterocycles. The number of rotatable bonds is 3. The molecule has 0 heterocycles. The number of benzene rings is 2. The number of amides is 1. The molecule has 2 rings (SSSR count). The fourth-order valence-electron chi connectivity index (χ4n) is 1.70. The highest BCUT2D eigenvalue weighted by Crippen LogP contribution is 2.21. The zero-order chi connectivity index (χ0) is 14.7. The molecule has 102 valence electrons. The molecule has 20 heavy (non-hydrogen) atoms. The molecule has 1 N–H and O–H groups in total. The van der Waals surface area contributed by atoms with Crippen molar-refractivity contribution in [2.45, 2.75) is 6.92 Å². The van der Waals surface area contributed by atoms with E-state index >= 15 is 0 Å². The van der Waals surface area contributed by atoms with Crippen LogP contribution in [0.3, 0.4) is 0 Å². The smallest absolute Gasteiger partial charge is 0.269 e. The normalized spacial score (nSPS) is 10.1. The molecule has 6 heteroatoms. The third-order valence-electron chi connectivity index (χ3n) is 2.78. The maximum atomic E-state index is 12.8. The van der Waals surface area contributed by atoms with Crippen LogP contribution in [0.4, 0.5) is 15.8 Å². The molecule has 2 aromatic carbocycles. The molecule has 0 saturated heterocycles. The van der Waals surface area contributed by atoms with Gasteiger partial charge in [-0.15, -0.1) is 0 Å². The van der Waals surface area contributed by atoms with Gasteiger partial charge in [0.2, 0.25) is 0 Å². The molecule has 0 unspecified atom stereocenters. The Morgan fingerprint density at radius 2 is 1.85 bits per heavy atom. The summed E-state index contributed by atoms with van der Waals surface area (Å²) in [6.45, 7) is 1.66. The van der Waals surface area contributed by atoms with Crippen LogP contribution >= 0.6 is 0 Å². The highest BCUT2D eigenvalue weighted by Gasteiger charge is 2.11. The molecule has 0 aliphatic heterocycles. The van der Waals surface area contributed by atoms with Crippen molar-refractivity contribution in [2.24, 2.45) is 0 Å². The number of halogens is 1. The standard InChI is InChI=1S/C14H11FN2O3/c1-9-8-12(17(19)20)6-7-13(9)16-14(18)10-2-4-11(15)5-3-10/h2-8H,1H3,(H,16,18). The molecular formula is C14H11FN2O3. The molecule has 0 fully saturated rings. The summed E-state index contributed by atoms with van der Waals surface area (Å²) in [6, 6.07) is 9.27. The van der Waals surface area contributed by atoms with Crippen molar-refractivity contribution in [3.05, 3.63) is 69.5 Å². The molecule has 1 amide bonds. The van der Waals surface area contributed by atoms with E-state index in [1.54, 1.807) is 6.92 Å². The molecule has 0 aliphatic carbocycles. The van der Waals surface area contributed by atoms with Crippen molar-refractivity contribution in [3.63, 3.8) is 0 Å². The molecule has 0 atom stereocenters. The van der Waals surface area contributed by atoms with Crippen LogP contribution in [0.5, 0.6) is 0 Å². The Kier molecular flexibility index (Phi) is 3.74. The Labute approximate surface area is 114 Å². The van der Waals surface area contributed by atoms with Crippen LogP contribution < -0.4 is 5.32 Å². The quantitative estimate of drug-likeness (QED) is 0.689. The first kappa shape index (κ1) is 13.7. The highest BCUT2D eigenvalue weighted by atomic mass is 19.1. The first-order valence-corrected chi connectivity index (χ1v) is 5.79. The molecule has 2 aromatic rings. The first-order chi connectivity index (χ1) is 9.47. The molecule has 0 radical (unpaired) electrons. The number of carbonyl (C=O) groups is 1. The van der Waals surface area contributed by atoms with Crippen LogP contribution in [0, 0.1) is 22.9 Å². The maximum Gasteiger partial charge on any atom is 0.269 e. The number of anilines is 1. The second kappa shape index (κ2) is 5.48. The van der Waals surface area contributed by atoms with E-state index in [1.165, 1.54) is 42.5 Å². The fraction of sp³-hybridized carbons (Fsp3) is 0.0714. The van der Waals surface area contributed by atoms with E-state index in [0.717, 1.165) is 0 Å². The fourth-order valence-corrected chi connectivity index (χ4v) is 1.70. The Bertz CT molecular complexity index is 669. The van der Waals surface area contributed by atoms with Gasteiger partial charge in [0.15, 0.2) is 0 Å². The summed E-state index contributed by atoms with van der Waals surface area (Å²) in [5, 5.41) is 13.3. The Balaban J connectivity index is 2.19. The lowest BCUT2D eigenvalue weighted by molar-refractivity contribution is -0.384. The monoisotopic (exact) mass is 274 g/mol. The van der Waals surface area contributed by atoms with Crippen molar-refractivity contribution in [1.82, 2.24) is 0 Å². The van der Waals surface area contributed by atoms with Crippen LogP contribution in [-0.4, -0.2) is 10.8 Å². The van der Waals surface area contributed by atoms with E-state index in [0.29, 0.717) is 16.8 Å². The van der Waals surface area contributed by atoms with E-state index in [2.05, 4.69) is 5.32 Å². The van der Waals surface area contributed by atoms with E-state index in [-0.39, 0.29) is 5.69 Å². The van der Waals surface area contributed by atoms with Crippen molar-refractivity contribution in [3.8, 4) is 0 Å². The number of carbonyl (C=O) groups excluding carboxylic acids is 1. The summed E-state index contributed by atoms with van der Waals surface area (Å²) < 4.78 is 12.8. The van der Waals surface area contributed by atoms with Gasteiger partial charge in [0.05, 0.1) is 4.92 Å². The number of nitro groups is 1. The van der Waals surface area contributed by atoms with Crippen molar-refractivity contribution >= 4 is 17.3 Å². The highest BCUT2D eigenvalue weighted by molar-refractivity contribution is 6.04. The van der Waals surface area contributed by atoms with Crippen LogP contribution in [-0.2, 0) is 0 Å². The van der Waals surface area contributed by atoms with Gasteiger partial charge >= 0.3 is 0 Å². The van der Waals surface area contributed by atoms with E-state index in [1.807, 2.05) is 0 Å². The SMILES string of the molecule is Cc1cc([N+](=O)[O-])ccc1NC(=O)c1ccc(F)cc1. The largest absolute Gasteiger partial charge is 0.322 e. The third-order valence-corrected chi connectivity index (χ3v) is 2.78. The van der Waals surface area contributed by atoms with Crippen LogP contribution in [0.25, 0.3) is 0 Å². The number of hydrogen-bond donors (Lipinski definition) is 1. The van der Waals surface area contributed by atoms with Gasteiger partial charge in [-0.25, -0.2) is 4.39 Å². The summed E-state index contributed by atoms with van der Waals surface area (Å²) in [7, 11) is 0. The van der Waals surface area contributed by atoms with Gasteiger partial charge < -0.3 is 5.32 Å². The van der Waals surface area contributed by atoms with Gasteiger partial charge in [-0.1, -0.05) is 0 Å². The summed E-state index contributed by atoms with van der Waals surface area (Å²) >= 11 is 0. The average Bonchev–Trinajstić information content (AvgIpc) is 2.41. The average molecular weight is 274 g/mol. The molecule has 5 nitrogen and oxygen atoms in total. The van der Waals surface area contributed by atoms with E-state index < -0.39 is 16.6 Å². The lowest BCUT2D eigenvalue weighted by Crippen LogP contribution is -2.12. The molecule has 0 spiro atoms. The minimum atomic E-state index is -0.501. The summed E-state index contributed by atoms with van der Waals surface area (Å²) in [5.74, 6) is -0.824. The van der Waals surface area contributed by atoms with Crippen molar-refractivity contribution < 1.29 is 14.1 Å². The van der Waals surface area contributed by atoms with Gasteiger partial charge in [0.1, 0.15) is 5.82 Å². The lowest BCUT2D eigenvalue weighted by Gasteiger charge is -2.08. The van der Waals surface area contributed by atoms with Crippen molar-refractivity contribution in [2.75, 3.05) is 5.32 Å². The number of nitrogens with one attached hydrogen (secondary N) is 1. The predicted octanol–water partition coefficient (Wildman–Crippen LogP) is 3.29. The second-order valence-electron chi connectivity index (χ2n) is 4.22. The Morgan fingerprint density at radius 1 is 1.20 bits per heavy atom. The molecule has 0 aliphatic rings. The van der Waals surface area contributed by atoms with Crippen LogP contribution in [0.15, 0.2) is 42.5 Å². The number of nitro benzene ring substituents is 1. The Morgan fingerprint density at radius 3 is 2.40 bits per heavy atom. The molecular weight excluding hydrogens is 263 g/mol. The number of hydrogen-bond acceptors (Lipinski definition) is 3. The number of nitrogens with zero attached hydrogens (tertiary/aromatic N) is 1. The summed E-state index contributed by atoms with van der Waals surface area (Å²) in [5.41, 5.74) is 1.33. The topological polar surface area (TPSA) is 72.2 Å². The van der Waals surface area contributed by atoms with Crippen LogP contribution in [0.1, 0.15) is 15.9 Å². The third kappa shape index (κ3) is 2.97. The van der Waals surface area contributed by atoms with E-state index in [9.17, 15) is 19.3 Å². The minimum absolute atomic E-state index is 0.0396. The zero-order valence-electron chi connectivity index (χ0n) is 10.6. The molecule has 0 bridgehead atoms. The Hall–Kier alpha value is -2.76. The van der Waals surface area contributed by atoms with Gasteiger partial charge in [-0.3, -0.25) is 14.9 Å². The molecule has 0 saturated carbocycles. The zero-order valence-corrected chi connectivity index (χ0v) is 10.6. The summed E-state index contributed by atoms with van der Waals surface area (Å²) in [6.07, 6.45) is 0. The van der Waals surface area contributed by atoms with Crippen LogP contribution in [0.2, 0.25) is 0 Å². The minimum Gasteiger partial charge on any atom is -0.322 e. The predicted molar refractivity (Wildman–Crippen MR) is 72.2 cm³/mol. The number of non-ortho nitro benzene ring substituents is 1. The first-order valence-electron chi connectivity index (χ1n) is 5.79. The van der Waals surface area contributed by atoms with Crippen molar-refractivity contribution in [1.29, 1.82) is 0 Å². The van der Waals surface area contributed by atoms with E-state index in [4.69, 9.17) is 0 Å². The number of aryl methyl sites for hydroxylation is 1. The summed E-state index contributed by atoms with van der Waals surface area (Å²) in [4.78, 5) is 22.1. The van der Waals surface area contributed by atoms with Gasteiger partial charge in [0, 0.05) is 23.4 Å². The maximum absolute atomic E-state index is 12.8. The van der Waals surface area contributed by atoms with Gasteiger partial charge in [-0.05, 0) is 42.8 Å². The second-order valence-corrected chi connectivity index (χ2v) is 4.22.